The first-order valence-electron chi connectivity index (χ1n) is 9.29. The fraction of sp³-hybridized carbons (Fsp3) is 0.0833. The number of amides is 2. The van der Waals surface area contributed by atoms with Crippen molar-refractivity contribution in [3.8, 4) is 0 Å². The number of carbonyl (C=O) groups is 2. The lowest BCUT2D eigenvalue weighted by Gasteiger charge is -2.25. The maximum absolute atomic E-state index is 13.1. The summed E-state index contributed by atoms with van der Waals surface area (Å²) in [5.41, 5.74) is 2.19. The van der Waals surface area contributed by atoms with Gasteiger partial charge in [0, 0.05) is 22.0 Å². The summed E-state index contributed by atoms with van der Waals surface area (Å²) < 4.78 is 0. The summed E-state index contributed by atoms with van der Waals surface area (Å²) in [6, 6.07) is 24.6. The molecule has 0 saturated heterocycles. The summed E-state index contributed by atoms with van der Waals surface area (Å²) in [6.45, 7) is 1.77. The first-order valence-corrected chi connectivity index (χ1v) is 9.29. The maximum Gasteiger partial charge on any atom is 0.259 e. The Bertz CT molecular complexity index is 1250. The first kappa shape index (κ1) is 16.5. The van der Waals surface area contributed by atoms with Gasteiger partial charge in [0.05, 0.1) is 5.69 Å². The standard InChI is InChI=1S/C24H18N2O2/c1-15(23(27)25-20-13-5-8-16-7-2-3-11-18(16)20)26-21-14-6-10-17-9-4-12-19(22(17)21)24(26)28/h2-15H,1H3,(H,25,27)/t15-/m0/s1. The number of anilines is 2. The van der Waals surface area contributed by atoms with E-state index in [2.05, 4.69) is 5.32 Å². The predicted octanol–water partition coefficient (Wildman–Crippen LogP) is 4.98. The van der Waals surface area contributed by atoms with Crippen molar-refractivity contribution in [2.75, 3.05) is 10.2 Å². The van der Waals surface area contributed by atoms with Crippen molar-refractivity contribution in [1.29, 1.82) is 0 Å². The normalized spacial score (nSPS) is 13.9. The van der Waals surface area contributed by atoms with E-state index in [1.165, 1.54) is 0 Å². The minimum Gasteiger partial charge on any atom is -0.324 e. The number of nitrogens with zero attached hydrogens (tertiary/aromatic N) is 1. The van der Waals surface area contributed by atoms with Crippen LogP contribution in [0, 0.1) is 0 Å². The Morgan fingerprint density at radius 2 is 1.54 bits per heavy atom. The third kappa shape index (κ3) is 2.38. The summed E-state index contributed by atoms with van der Waals surface area (Å²) >= 11 is 0. The van der Waals surface area contributed by atoms with E-state index in [1.54, 1.807) is 11.8 Å². The van der Waals surface area contributed by atoms with Crippen LogP contribution in [-0.4, -0.2) is 17.9 Å². The summed E-state index contributed by atoms with van der Waals surface area (Å²) in [5.74, 6) is -0.345. The van der Waals surface area contributed by atoms with Crippen molar-refractivity contribution in [3.63, 3.8) is 0 Å². The fourth-order valence-corrected chi connectivity index (χ4v) is 4.01. The van der Waals surface area contributed by atoms with Gasteiger partial charge >= 0.3 is 0 Å². The van der Waals surface area contributed by atoms with Crippen LogP contribution in [0.4, 0.5) is 11.4 Å². The molecule has 0 radical (unpaired) electrons. The van der Waals surface area contributed by atoms with E-state index in [0.29, 0.717) is 5.56 Å². The Kier molecular flexibility index (Phi) is 3.66. The minimum absolute atomic E-state index is 0.132. The van der Waals surface area contributed by atoms with Gasteiger partial charge in [0.2, 0.25) is 5.91 Å². The molecule has 0 aromatic heterocycles. The van der Waals surface area contributed by atoms with Gasteiger partial charge in [0.1, 0.15) is 6.04 Å². The molecule has 5 rings (SSSR count). The van der Waals surface area contributed by atoms with E-state index in [9.17, 15) is 9.59 Å². The topological polar surface area (TPSA) is 49.4 Å². The third-order valence-electron chi connectivity index (χ3n) is 5.41. The van der Waals surface area contributed by atoms with Gasteiger partial charge in [-0.05, 0) is 35.9 Å². The van der Waals surface area contributed by atoms with Gasteiger partial charge in [-0.1, -0.05) is 60.7 Å². The molecule has 0 bridgehead atoms. The van der Waals surface area contributed by atoms with E-state index in [-0.39, 0.29) is 11.8 Å². The molecule has 0 fully saturated rings. The lowest BCUT2D eigenvalue weighted by Crippen LogP contribution is -2.44. The lowest BCUT2D eigenvalue weighted by molar-refractivity contribution is -0.117. The molecule has 1 aliphatic heterocycles. The second-order valence-electron chi connectivity index (χ2n) is 7.05. The van der Waals surface area contributed by atoms with Crippen LogP contribution >= 0.6 is 0 Å². The Balaban J connectivity index is 1.50. The number of hydrogen-bond acceptors (Lipinski definition) is 2. The predicted molar refractivity (Wildman–Crippen MR) is 113 cm³/mol. The monoisotopic (exact) mass is 366 g/mol. The van der Waals surface area contributed by atoms with Crippen molar-refractivity contribution < 1.29 is 9.59 Å². The fourth-order valence-electron chi connectivity index (χ4n) is 4.01. The average molecular weight is 366 g/mol. The highest BCUT2D eigenvalue weighted by Gasteiger charge is 2.35. The van der Waals surface area contributed by atoms with E-state index >= 15 is 0 Å². The molecule has 0 unspecified atom stereocenters. The molecule has 0 spiro atoms. The zero-order valence-electron chi connectivity index (χ0n) is 15.3. The van der Waals surface area contributed by atoms with Crippen LogP contribution in [0.25, 0.3) is 21.5 Å². The summed E-state index contributed by atoms with van der Waals surface area (Å²) in [4.78, 5) is 27.7. The van der Waals surface area contributed by atoms with Gasteiger partial charge < -0.3 is 5.32 Å². The molecule has 28 heavy (non-hydrogen) atoms. The van der Waals surface area contributed by atoms with E-state index in [0.717, 1.165) is 32.9 Å². The minimum atomic E-state index is -0.635. The molecular formula is C24H18N2O2. The van der Waals surface area contributed by atoms with Gasteiger partial charge in [0.15, 0.2) is 0 Å². The Morgan fingerprint density at radius 1 is 0.857 bits per heavy atom. The molecule has 1 N–H and O–H groups in total. The van der Waals surface area contributed by atoms with Crippen LogP contribution in [0.5, 0.6) is 0 Å². The van der Waals surface area contributed by atoms with Crippen LogP contribution in [-0.2, 0) is 4.79 Å². The largest absolute Gasteiger partial charge is 0.324 e. The molecule has 4 aromatic rings. The molecule has 136 valence electrons. The van der Waals surface area contributed by atoms with Crippen LogP contribution in [0.15, 0.2) is 78.9 Å². The quantitative estimate of drug-likeness (QED) is 0.556. The molecular weight excluding hydrogens is 348 g/mol. The van der Waals surface area contributed by atoms with Crippen molar-refractivity contribution in [3.05, 3.63) is 84.4 Å². The zero-order valence-corrected chi connectivity index (χ0v) is 15.3. The molecule has 0 saturated carbocycles. The molecule has 1 heterocycles. The second kappa shape index (κ2) is 6.20. The van der Waals surface area contributed by atoms with Crippen LogP contribution in [0.2, 0.25) is 0 Å². The molecule has 4 nitrogen and oxygen atoms in total. The number of hydrogen-bond donors (Lipinski definition) is 1. The highest BCUT2D eigenvalue weighted by Crippen LogP contribution is 2.38. The van der Waals surface area contributed by atoms with E-state index in [1.807, 2.05) is 78.9 Å². The van der Waals surface area contributed by atoms with Crippen molar-refractivity contribution in [1.82, 2.24) is 0 Å². The van der Waals surface area contributed by atoms with Gasteiger partial charge in [-0.25, -0.2) is 0 Å². The van der Waals surface area contributed by atoms with Crippen LogP contribution in [0.1, 0.15) is 17.3 Å². The molecule has 2 amide bonds. The molecule has 4 aromatic carbocycles. The molecule has 1 aliphatic rings. The lowest BCUT2D eigenvalue weighted by atomic mass is 10.1. The Hall–Kier alpha value is -3.66. The van der Waals surface area contributed by atoms with Crippen molar-refractivity contribution >= 4 is 44.7 Å². The highest BCUT2D eigenvalue weighted by molar-refractivity contribution is 6.27. The first-order chi connectivity index (χ1) is 13.6. The molecule has 0 aliphatic carbocycles. The third-order valence-corrected chi connectivity index (χ3v) is 5.41. The average Bonchev–Trinajstić information content (AvgIpc) is 3.01. The Morgan fingerprint density at radius 3 is 2.39 bits per heavy atom. The van der Waals surface area contributed by atoms with Crippen molar-refractivity contribution in [2.24, 2.45) is 0 Å². The number of carbonyl (C=O) groups excluding carboxylic acids is 2. The summed E-state index contributed by atoms with van der Waals surface area (Å²) in [7, 11) is 0. The number of nitrogens with one attached hydrogen (secondary N) is 1. The summed E-state index contributed by atoms with van der Waals surface area (Å²) in [6.07, 6.45) is 0. The zero-order chi connectivity index (χ0) is 19.3. The molecule has 1 atom stereocenters. The Labute approximate surface area is 162 Å². The van der Waals surface area contributed by atoms with E-state index in [4.69, 9.17) is 0 Å². The maximum atomic E-state index is 13.1. The van der Waals surface area contributed by atoms with Gasteiger partial charge in [0.25, 0.3) is 5.91 Å². The summed E-state index contributed by atoms with van der Waals surface area (Å²) in [5, 5.41) is 6.96. The number of rotatable bonds is 3. The van der Waals surface area contributed by atoms with E-state index < -0.39 is 6.04 Å². The number of benzene rings is 4. The van der Waals surface area contributed by atoms with Crippen LogP contribution < -0.4 is 10.2 Å². The highest BCUT2D eigenvalue weighted by atomic mass is 16.2. The van der Waals surface area contributed by atoms with Crippen LogP contribution in [0.3, 0.4) is 0 Å². The smallest absolute Gasteiger partial charge is 0.259 e. The van der Waals surface area contributed by atoms with Crippen molar-refractivity contribution in [2.45, 2.75) is 13.0 Å². The van der Waals surface area contributed by atoms with Gasteiger partial charge in [-0.3, -0.25) is 14.5 Å². The van der Waals surface area contributed by atoms with Gasteiger partial charge in [-0.15, -0.1) is 0 Å². The molecule has 4 heteroatoms. The number of fused-ring (bicyclic) bond motifs is 1. The SMILES string of the molecule is C[C@@H](C(=O)Nc1cccc2ccccc12)N1C(=O)c2cccc3cccc1c23. The van der Waals surface area contributed by atoms with Gasteiger partial charge in [-0.2, -0.15) is 0 Å². The second-order valence-corrected chi connectivity index (χ2v) is 7.05.